The van der Waals surface area contributed by atoms with Crippen LogP contribution in [0.5, 0.6) is 0 Å². The zero-order chi connectivity index (χ0) is 21.7. The lowest BCUT2D eigenvalue weighted by molar-refractivity contribution is -0.113. The number of aryl methyl sites for hydroxylation is 1. The number of esters is 1. The van der Waals surface area contributed by atoms with Crippen molar-refractivity contribution in [2.24, 2.45) is 5.92 Å². The summed E-state index contributed by atoms with van der Waals surface area (Å²) in [4.78, 5) is 45.1. The van der Waals surface area contributed by atoms with Crippen LogP contribution >= 0.6 is 23.1 Å². The predicted octanol–water partition coefficient (Wildman–Crippen LogP) is 3.82. The van der Waals surface area contributed by atoms with Crippen LogP contribution in [0.15, 0.2) is 16.0 Å². The van der Waals surface area contributed by atoms with E-state index in [0.717, 1.165) is 36.1 Å². The number of thiophene rings is 1. The standard InChI is InChI=1S/C21H27N3O4S2/c1-4-6-13-10-16(25)24-21(22-13)29-11-17(26)23-19-18(20(27)28-5-2)14-8-7-12(3)9-15(14)30-19/h10,12H,4-9,11H2,1-3H3,(H,23,26)(H,22,24,25)/t12-/m0/s1. The Kier molecular flexibility index (Phi) is 7.71. The molecule has 2 aromatic rings. The van der Waals surface area contributed by atoms with Crippen LogP contribution in [-0.4, -0.2) is 34.2 Å². The van der Waals surface area contributed by atoms with Crippen LogP contribution in [0.1, 0.15) is 60.1 Å². The summed E-state index contributed by atoms with van der Waals surface area (Å²) in [5.41, 5.74) is 2.01. The van der Waals surface area contributed by atoms with Crippen LogP contribution in [0.25, 0.3) is 0 Å². The highest BCUT2D eigenvalue weighted by atomic mass is 32.2. The Morgan fingerprint density at radius 2 is 2.20 bits per heavy atom. The van der Waals surface area contributed by atoms with Gasteiger partial charge in [0.1, 0.15) is 5.00 Å². The first kappa shape index (κ1) is 22.6. The molecule has 3 rings (SSSR count). The third-order valence-corrected chi connectivity index (χ3v) is 6.91. The van der Waals surface area contributed by atoms with E-state index in [0.29, 0.717) is 33.8 Å². The number of H-pyrrole nitrogens is 1. The molecule has 9 heteroatoms. The lowest BCUT2D eigenvalue weighted by Crippen LogP contribution is -2.18. The molecule has 162 valence electrons. The molecule has 1 aliphatic rings. The minimum atomic E-state index is -0.384. The summed E-state index contributed by atoms with van der Waals surface area (Å²) in [6.07, 6.45) is 4.35. The number of fused-ring (bicyclic) bond motifs is 1. The number of carbonyl (C=O) groups excluding carboxylic acids is 2. The highest BCUT2D eigenvalue weighted by Gasteiger charge is 2.29. The van der Waals surface area contributed by atoms with Crippen molar-refractivity contribution in [3.05, 3.63) is 38.1 Å². The number of ether oxygens (including phenoxy) is 1. The molecule has 2 aromatic heterocycles. The smallest absolute Gasteiger partial charge is 0.341 e. The van der Waals surface area contributed by atoms with Gasteiger partial charge in [0, 0.05) is 16.6 Å². The van der Waals surface area contributed by atoms with Gasteiger partial charge in [0.05, 0.1) is 17.9 Å². The lowest BCUT2D eigenvalue weighted by atomic mass is 9.88. The van der Waals surface area contributed by atoms with Crippen LogP contribution in [0.2, 0.25) is 0 Å². The summed E-state index contributed by atoms with van der Waals surface area (Å²) in [5, 5.41) is 3.86. The van der Waals surface area contributed by atoms with Gasteiger partial charge in [-0.05, 0) is 44.1 Å². The quantitative estimate of drug-likeness (QED) is 0.361. The highest BCUT2D eigenvalue weighted by Crippen LogP contribution is 2.40. The van der Waals surface area contributed by atoms with Gasteiger partial charge >= 0.3 is 5.97 Å². The van der Waals surface area contributed by atoms with Gasteiger partial charge < -0.3 is 15.0 Å². The molecule has 1 aliphatic carbocycles. The molecule has 0 unspecified atom stereocenters. The van der Waals surface area contributed by atoms with E-state index in [1.54, 1.807) is 6.92 Å². The number of hydrogen-bond acceptors (Lipinski definition) is 7. The van der Waals surface area contributed by atoms with E-state index in [1.165, 1.54) is 29.2 Å². The Labute approximate surface area is 184 Å². The summed E-state index contributed by atoms with van der Waals surface area (Å²) < 4.78 is 5.24. The minimum Gasteiger partial charge on any atom is -0.462 e. The van der Waals surface area contributed by atoms with Gasteiger partial charge in [-0.15, -0.1) is 11.3 Å². The molecular formula is C21H27N3O4S2. The van der Waals surface area contributed by atoms with Crippen LogP contribution in [0.4, 0.5) is 5.00 Å². The first-order chi connectivity index (χ1) is 14.4. The number of nitrogens with one attached hydrogen (secondary N) is 2. The third-order valence-electron chi connectivity index (χ3n) is 4.86. The van der Waals surface area contributed by atoms with E-state index in [1.807, 2.05) is 6.92 Å². The molecular weight excluding hydrogens is 422 g/mol. The highest BCUT2D eigenvalue weighted by molar-refractivity contribution is 7.99. The Morgan fingerprint density at radius 1 is 1.40 bits per heavy atom. The normalized spacial score (nSPS) is 15.5. The summed E-state index contributed by atoms with van der Waals surface area (Å²) in [7, 11) is 0. The van der Waals surface area contributed by atoms with Crippen LogP contribution in [0, 0.1) is 5.92 Å². The van der Waals surface area contributed by atoms with Crippen molar-refractivity contribution in [3.63, 3.8) is 0 Å². The largest absolute Gasteiger partial charge is 0.462 e. The molecule has 0 aliphatic heterocycles. The van der Waals surface area contributed by atoms with Gasteiger partial charge in [-0.25, -0.2) is 9.78 Å². The number of anilines is 1. The number of hydrogen-bond donors (Lipinski definition) is 2. The average molecular weight is 450 g/mol. The minimum absolute atomic E-state index is 0.0831. The maximum atomic E-state index is 12.6. The molecule has 2 N–H and O–H groups in total. The fraction of sp³-hybridized carbons (Fsp3) is 0.524. The zero-order valence-electron chi connectivity index (χ0n) is 17.5. The molecule has 0 spiro atoms. The molecule has 30 heavy (non-hydrogen) atoms. The molecule has 7 nitrogen and oxygen atoms in total. The van der Waals surface area contributed by atoms with Gasteiger partial charge in [0.25, 0.3) is 5.56 Å². The predicted molar refractivity (Wildman–Crippen MR) is 120 cm³/mol. The Balaban J connectivity index is 1.73. The summed E-state index contributed by atoms with van der Waals surface area (Å²) in [6, 6.07) is 1.48. The summed E-state index contributed by atoms with van der Waals surface area (Å²) >= 11 is 2.64. The second-order valence-corrected chi connectivity index (χ2v) is 9.47. The second-order valence-electron chi connectivity index (χ2n) is 7.41. The molecule has 1 amide bonds. The zero-order valence-corrected chi connectivity index (χ0v) is 19.1. The van der Waals surface area contributed by atoms with Gasteiger partial charge in [-0.2, -0.15) is 0 Å². The van der Waals surface area contributed by atoms with Gasteiger partial charge in [-0.3, -0.25) is 9.59 Å². The average Bonchev–Trinajstić information content (AvgIpc) is 3.03. The van der Waals surface area contributed by atoms with Crippen molar-refractivity contribution in [3.8, 4) is 0 Å². The number of rotatable bonds is 8. The molecule has 0 radical (unpaired) electrons. The molecule has 1 atom stereocenters. The second kappa shape index (κ2) is 10.3. The van der Waals surface area contributed by atoms with Crippen LogP contribution in [0.3, 0.4) is 0 Å². The van der Waals surface area contributed by atoms with E-state index in [-0.39, 0.29) is 29.8 Å². The number of amides is 1. The van der Waals surface area contributed by atoms with Crippen molar-refractivity contribution < 1.29 is 14.3 Å². The number of nitrogens with zero attached hydrogens (tertiary/aromatic N) is 1. The summed E-state index contributed by atoms with van der Waals surface area (Å²) in [6.45, 7) is 6.28. The van der Waals surface area contributed by atoms with Crippen LogP contribution < -0.4 is 10.9 Å². The molecule has 0 aromatic carbocycles. The molecule has 0 saturated carbocycles. The van der Waals surface area contributed by atoms with Gasteiger partial charge in [-0.1, -0.05) is 32.0 Å². The van der Waals surface area contributed by atoms with Gasteiger partial charge in [0.15, 0.2) is 5.16 Å². The first-order valence-corrected chi connectivity index (χ1v) is 12.1. The maximum absolute atomic E-state index is 12.6. The van der Waals surface area contributed by atoms with E-state index in [2.05, 4.69) is 22.2 Å². The molecule has 0 saturated heterocycles. The molecule has 0 bridgehead atoms. The number of thioether (sulfide) groups is 1. The van der Waals surface area contributed by atoms with Crippen molar-refractivity contribution in [1.29, 1.82) is 0 Å². The fourth-order valence-corrected chi connectivity index (χ4v) is 5.60. The number of carbonyl (C=O) groups is 2. The summed E-state index contributed by atoms with van der Waals surface area (Å²) in [5.74, 6) is 0.00911. The molecule has 0 fully saturated rings. The van der Waals surface area contributed by atoms with E-state index >= 15 is 0 Å². The van der Waals surface area contributed by atoms with Crippen LogP contribution in [-0.2, 0) is 28.8 Å². The van der Waals surface area contributed by atoms with E-state index in [4.69, 9.17) is 4.74 Å². The number of aromatic nitrogens is 2. The molecule has 2 heterocycles. The Morgan fingerprint density at radius 3 is 2.93 bits per heavy atom. The van der Waals surface area contributed by atoms with Crippen molar-refractivity contribution in [1.82, 2.24) is 9.97 Å². The lowest BCUT2D eigenvalue weighted by Gasteiger charge is -2.18. The topological polar surface area (TPSA) is 101 Å². The Hall–Kier alpha value is -2.13. The van der Waals surface area contributed by atoms with Gasteiger partial charge in [0.2, 0.25) is 5.91 Å². The Bertz CT molecular complexity index is 983. The van der Waals surface area contributed by atoms with E-state index < -0.39 is 0 Å². The maximum Gasteiger partial charge on any atom is 0.341 e. The fourth-order valence-electron chi connectivity index (χ4n) is 3.49. The van der Waals surface area contributed by atoms with Crippen molar-refractivity contribution in [2.75, 3.05) is 17.7 Å². The monoisotopic (exact) mass is 449 g/mol. The first-order valence-electron chi connectivity index (χ1n) is 10.3. The van der Waals surface area contributed by atoms with Crippen molar-refractivity contribution in [2.45, 2.75) is 58.0 Å². The van der Waals surface area contributed by atoms with E-state index in [9.17, 15) is 14.4 Å². The SMILES string of the molecule is CCCc1cc(=O)[nH]c(SCC(=O)Nc2sc3c(c2C(=O)OCC)CC[C@H](C)C3)n1. The number of aromatic amines is 1. The van der Waals surface area contributed by atoms with Crippen molar-refractivity contribution >= 4 is 40.0 Å². The third kappa shape index (κ3) is 5.51.